The van der Waals surface area contributed by atoms with Crippen molar-refractivity contribution in [3.05, 3.63) is 18.2 Å². The summed E-state index contributed by atoms with van der Waals surface area (Å²) in [4.78, 5) is 9.72. The van der Waals surface area contributed by atoms with Crippen molar-refractivity contribution in [3.63, 3.8) is 0 Å². The zero-order valence-electron chi connectivity index (χ0n) is 5.00. The summed E-state index contributed by atoms with van der Waals surface area (Å²) in [6.45, 7) is 0. The van der Waals surface area contributed by atoms with Gasteiger partial charge in [-0.25, -0.2) is 0 Å². The molecule has 0 unspecified atom stereocenters. The van der Waals surface area contributed by atoms with Crippen LogP contribution in [-0.4, -0.2) is 0 Å². The largest absolute Gasteiger partial charge is 0.395 e. The highest BCUT2D eigenvalue weighted by molar-refractivity contribution is 7.97. The van der Waals surface area contributed by atoms with Crippen LogP contribution in [0.1, 0.15) is 0 Å². The van der Waals surface area contributed by atoms with E-state index >= 15 is 0 Å². The van der Waals surface area contributed by atoms with Crippen molar-refractivity contribution in [1.29, 1.82) is 0 Å². The number of rotatable bonds is 0. The third kappa shape index (κ3) is 0.885. The normalized spacial score (nSPS) is 14.5. The fourth-order valence-corrected chi connectivity index (χ4v) is 1.73. The average molecular weight is 171 g/mol. The van der Waals surface area contributed by atoms with Crippen LogP contribution in [0.2, 0.25) is 0 Å². The molecule has 1 aromatic carbocycles. The van der Waals surface area contributed by atoms with Crippen LogP contribution < -0.4 is 9.72 Å². The molecule has 0 aromatic heterocycles. The fraction of sp³-hybridized carbons (Fsp3) is 0. The molecule has 10 heavy (non-hydrogen) atoms. The SMILES string of the molecule is Sc1cccc2c1ONS2. The van der Waals surface area contributed by atoms with Gasteiger partial charge in [-0.15, -0.1) is 12.6 Å². The average Bonchev–Trinajstić information content (AvgIpc) is 2.36. The summed E-state index contributed by atoms with van der Waals surface area (Å²) >= 11 is 5.67. The minimum Gasteiger partial charge on any atom is -0.395 e. The van der Waals surface area contributed by atoms with E-state index in [4.69, 9.17) is 4.84 Å². The molecule has 0 radical (unpaired) electrons. The molecule has 0 aliphatic carbocycles. The Bertz CT molecular complexity index is 264. The quantitative estimate of drug-likeness (QED) is 0.459. The van der Waals surface area contributed by atoms with Crippen LogP contribution in [-0.2, 0) is 0 Å². The molecule has 1 N–H and O–H groups in total. The fourth-order valence-electron chi connectivity index (χ4n) is 0.795. The summed E-state index contributed by atoms with van der Waals surface area (Å²) in [6, 6.07) is 5.83. The molecular formula is C6H5NOS2. The molecule has 0 atom stereocenters. The van der Waals surface area contributed by atoms with E-state index in [2.05, 4.69) is 17.5 Å². The third-order valence-corrected chi connectivity index (χ3v) is 2.31. The molecule has 0 amide bonds. The van der Waals surface area contributed by atoms with Gasteiger partial charge in [0.2, 0.25) is 0 Å². The molecule has 52 valence electrons. The molecule has 0 saturated carbocycles. The number of thiol groups is 1. The highest BCUT2D eigenvalue weighted by Crippen LogP contribution is 2.37. The highest BCUT2D eigenvalue weighted by atomic mass is 32.2. The van der Waals surface area contributed by atoms with Crippen LogP contribution >= 0.6 is 24.6 Å². The van der Waals surface area contributed by atoms with Crippen molar-refractivity contribution in [2.24, 2.45) is 0 Å². The minimum atomic E-state index is 0.829. The first-order valence-electron chi connectivity index (χ1n) is 2.78. The van der Waals surface area contributed by atoms with Gasteiger partial charge in [0.25, 0.3) is 0 Å². The topological polar surface area (TPSA) is 21.3 Å². The van der Waals surface area contributed by atoms with Crippen molar-refractivity contribution >= 4 is 24.6 Å². The predicted molar refractivity (Wildman–Crippen MR) is 43.3 cm³/mol. The number of nitrogens with one attached hydrogen (secondary N) is 1. The van der Waals surface area contributed by atoms with Gasteiger partial charge in [-0.1, -0.05) is 11.0 Å². The van der Waals surface area contributed by atoms with E-state index in [1.807, 2.05) is 18.2 Å². The molecule has 0 spiro atoms. The number of hydrogen-bond donors (Lipinski definition) is 2. The molecule has 0 bridgehead atoms. The van der Waals surface area contributed by atoms with Crippen LogP contribution in [0.3, 0.4) is 0 Å². The lowest BCUT2D eigenvalue weighted by Crippen LogP contribution is -2.00. The highest BCUT2D eigenvalue weighted by Gasteiger charge is 2.14. The Hall–Kier alpha value is -0.320. The second kappa shape index (κ2) is 2.38. The van der Waals surface area contributed by atoms with Crippen LogP contribution in [0.25, 0.3) is 0 Å². The van der Waals surface area contributed by atoms with Gasteiger partial charge in [0.05, 0.1) is 9.79 Å². The zero-order chi connectivity index (χ0) is 6.97. The Morgan fingerprint density at radius 2 is 2.40 bits per heavy atom. The maximum Gasteiger partial charge on any atom is 0.176 e. The first-order valence-corrected chi connectivity index (χ1v) is 4.05. The molecule has 2 nitrogen and oxygen atoms in total. The van der Waals surface area contributed by atoms with Crippen molar-refractivity contribution in [3.8, 4) is 5.75 Å². The van der Waals surface area contributed by atoms with Gasteiger partial charge in [0.1, 0.15) is 0 Å². The third-order valence-electron chi connectivity index (χ3n) is 1.25. The summed E-state index contributed by atoms with van der Waals surface area (Å²) in [5.74, 6) is 0.829. The molecule has 0 fully saturated rings. The Kier molecular flexibility index (Phi) is 1.52. The first-order chi connectivity index (χ1) is 4.88. The minimum absolute atomic E-state index is 0.829. The molecule has 1 aromatic rings. The summed E-state index contributed by atoms with van der Waals surface area (Å²) in [6.07, 6.45) is 0. The Morgan fingerprint density at radius 1 is 1.50 bits per heavy atom. The Labute approximate surface area is 68.5 Å². The van der Waals surface area contributed by atoms with Crippen LogP contribution in [0, 0.1) is 0 Å². The van der Waals surface area contributed by atoms with E-state index in [0.717, 1.165) is 15.5 Å². The molecule has 1 heterocycles. The Balaban J connectivity index is 2.59. The van der Waals surface area contributed by atoms with E-state index < -0.39 is 0 Å². The van der Waals surface area contributed by atoms with E-state index in [1.165, 1.54) is 11.9 Å². The maximum absolute atomic E-state index is 5.07. The van der Waals surface area contributed by atoms with Gasteiger partial charge in [0, 0.05) is 0 Å². The number of benzene rings is 1. The summed E-state index contributed by atoms with van der Waals surface area (Å²) in [7, 11) is 0. The van der Waals surface area contributed by atoms with Crippen LogP contribution in [0.4, 0.5) is 0 Å². The molecular weight excluding hydrogens is 166 g/mol. The van der Waals surface area contributed by atoms with Gasteiger partial charge in [-0.2, -0.15) is 0 Å². The number of para-hydroxylation sites is 1. The second-order valence-electron chi connectivity index (χ2n) is 1.89. The smallest absolute Gasteiger partial charge is 0.176 e. The van der Waals surface area contributed by atoms with Gasteiger partial charge < -0.3 is 4.84 Å². The summed E-state index contributed by atoms with van der Waals surface area (Å²) in [5.41, 5.74) is 0. The molecule has 0 saturated heterocycles. The molecule has 2 rings (SSSR count). The first kappa shape index (κ1) is 6.39. The van der Waals surface area contributed by atoms with Crippen molar-refractivity contribution in [1.82, 2.24) is 4.89 Å². The van der Waals surface area contributed by atoms with Crippen LogP contribution in [0.5, 0.6) is 5.75 Å². The summed E-state index contributed by atoms with van der Waals surface area (Å²) < 4.78 is 0. The Morgan fingerprint density at radius 3 is 3.20 bits per heavy atom. The number of hydrogen-bond acceptors (Lipinski definition) is 4. The standard InChI is InChI=1S/C6H5NOS2/c9-4-2-1-3-5-6(4)8-7-10-5/h1-3,7,9H. The molecule has 1 aliphatic rings. The van der Waals surface area contributed by atoms with Gasteiger partial charge in [0.15, 0.2) is 5.75 Å². The van der Waals surface area contributed by atoms with Crippen molar-refractivity contribution in [2.45, 2.75) is 9.79 Å². The maximum atomic E-state index is 5.07. The molecule has 1 aliphatic heterocycles. The van der Waals surface area contributed by atoms with Gasteiger partial charge >= 0.3 is 0 Å². The van der Waals surface area contributed by atoms with Crippen molar-refractivity contribution < 1.29 is 4.84 Å². The number of fused-ring (bicyclic) bond motifs is 1. The monoisotopic (exact) mass is 171 g/mol. The van der Waals surface area contributed by atoms with Crippen LogP contribution in [0.15, 0.2) is 28.0 Å². The van der Waals surface area contributed by atoms with Crippen molar-refractivity contribution in [2.75, 3.05) is 0 Å². The lowest BCUT2D eigenvalue weighted by Gasteiger charge is -1.96. The molecule has 4 heteroatoms. The summed E-state index contributed by atoms with van der Waals surface area (Å²) in [5, 5.41) is 0. The second-order valence-corrected chi connectivity index (χ2v) is 3.18. The predicted octanol–water partition coefficient (Wildman–Crippen LogP) is 1.88. The van der Waals surface area contributed by atoms with Gasteiger partial charge in [-0.3, -0.25) is 0 Å². The lowest BCUT2D eigenvalue weighted by atomic mass is 10.3. The lowest BCUT2D eigenvalue weighted by molar-refractivity contribution is 0.285. The zero-order valence-corrected chi connectivity index (χ0v) is 6.71. The van der Waals surface area contributed by atoms with E-state index in [-0.39, 0.29) is 0 Å². The van der Waals surface area contributed by atoms with E-state index in [9.17, 15) is 0 Å². The van der Waals surface area contributed by atoms with Gasteiger partial charge in [-0.05, 0) is 24.1 Å². The van der Waals surface area contributed by atoms with E-state index in [1.54, 1.807) is 0 Å². The van der Waals surface area contributed by atoms with E-state index in [0.29, 0.717) is 0 Å².